The molecule has 0 unspecified atom stereocenters. The Bertz CT molecular complexity index is 272. The van der Waals surface area contributed by atoms with Crippen LogP contribution in [0.5, 0.6) is 0 Å². The predicted molar refractivity (Wildman–Crippen MR) is 66.9 cm³/mol. The first-order valence-corrected chi connectivity index (χ1v) is 6.30. The summed E-state index contributed by atoms with van der Waals surface area (Å²) in [6, 6.07) is 0. The molecule has 0 radical (unpaired) electrons. The number of ether oxygens (including phenoxy) is 2. The summed E-state index contributed by atoms with van der Waals surface area (Å²) in [5.74, 6) is -1.26. The lowest BCUT2D eigenvalue weighted by Gasteiger charge is -2.32. The molecule has 0 aliphatic rings. The highest BCUT2D eigenvalue weighted by Crippen LogP contribution is 2.35. The Kier molecular flexibility index (Phi) is 6.32. The van der Waals surface area contributed by atoms with Crippen LogP contribution in [0.1, 0.15) is 47.5 Å². The minimum atomic E-state index is -1.43. The molecule has 0 fully saturated rings. The molecule has 0 aliphatic heterocycles. The fourth-order valence-corrected chi connectivity index (χ4v) is 1.92. The van der Waals surface area contributed by atoms with E-state index in [0.717, 1.165) is 0 Å². The van der Waals surface area contributed by atoms with E-state index in [9.17, 15) is 14.7 Å². The molecule has 0 atom stereocenters. The van der Waals surface area contributed by atoms with Gasteiger partial charge >= 0.3 is 11.9 Å². The summed E-state index contributed by atoms with van der Waals surface area (Å²) >= 11 is 0. The van der Waals surface area contributed by atoms with Crippen molar-refractivity contribution in [2.75, 3.05) is 13.2 Å². The zero-order valence-corrected chi connectivity index (χ0v) is 11.9. The third kappa shape index (κ3) is 4.29. The Morgan fingerprint density at radius 3 is 1.61 bits per heavy atom. The van der Waals surface area contributed by atoms with Gasteiger partial charge in [0.25, 0.3) is 0 Å². The highest BCUT2D eigenvalue weighted by atomic mass is 16.6. The quantitative estimate of drug-likeness (QED) is 0.557. The molecule has 0 bridgehead atoms. The van der Waals surface area contributed by atoms with Crippen LogP contribution in [0.4, 0.5) is 0 Å². The van der Waals surface area contributed by atoms with Crippen LogP contribution in [0.15, 0.2) is 0 Å². The number of rotatable bonds is 7. The first-order valence-electron chi connectivity index (χ1n) is 6.30. The van der Waals surface area contributed by atoms with E-state index in [-0.39, 0.29) is 26.1 Å². The predicted octanol–water partition coefficient (Wildman–Crippen LogP) is 1.67. The molecule has 0 aromatic carbocycles. The van der Waals surface area contributed by atoms with Crippen molar-refractivity contribution < 1.29 is 24.2 Å². The van der Waals surface area contributed by atoms with Crippen LogP contribution >= 0.6 is 0 Å². The molecule has 0 heterocycles. The van der Waals surface area contributed by atoms with Gasteiger partial charge < -0.3 is 14.6 Å². The summed E-state index contributed by atoms with van der Waals surface area (Å²) in [5.41, 5.74) is -2.58. The highest BCUT2D eigenvalue weighted by molar-refractivity contribution is 6.00. The topological polar surface area (TPSA) is 72.8 Å². The van der Waals surface area contributed by atoms with Crippen LogP contribution in [0.2, 0.25) is 0 Å². The average Bonchev–Trinajstić information content (AvgIpc) is 2.25. The standard InChI is InChI=1S/C13H24O5/c1-6-13(9-12(4,5)16,10(14)17-7-2)11(15)18-8-3/h16H,6-9H2,1-5H3. The van der Waals surface area contributed by atoms with Gasteiger partial charge in [-0.25, -0.2) is 0 Å². The Morgan fingerprint density at radius 1 is 1.00 bits per heavy atom. The van der Waals surface area contributed by atoms with E-state index in [1.54, 1.807) is 34.6 Å². The van der Waals surface area contributed by atoms with Crippen LogP contribution in [-0.2, 0) is 19.1 Å². The molecule has 1 N–H and O–H groups in total. The van der Waals surface area contributed by atoms with Gasteiger partial charge in [0.2, 0.25) is 0 Å². The molecule has 0 saturated carbocycles. The lowest BCUT2D eigenvalue weighted by molar-refractivity contribution is -0.177. The molecule has 18 heavy (non-hydrogen) atoms. The molecule has 0 spiro atoms. The van der Waals surface area contributed by atoms with Crippen LogP contribution < -0.4 is 0 Å². The molecule has 106 valence electrons. The van der Waals surface area contributed by atoms with E-state index < -0.39 is 23.0 Å². The minimum Gasteiger partial charge on any atom is -0.465 e. The Labute approximate surface area is 108 Å². The van der Waals surface area contributed by atoms with Gasteiger partial charge in [0, 0.05) is 6.42 Å². The molecule has 0 aliphatic carbocycles. The second-order valence-corrected chi connectivity index (χ2v) is 4.87. The van der Waals surface area contributed by atoms with Gasteiger partial charge in [0.05, 0.1) is 18.8 Å². The van der Waals surface area contributed by atoms with Crippen LogP contribution in [0.3, 0.4) is 0 Å². The number of esters is 2. The van der Waals surface area contributed by atoms with Crippen molar-refractivity contribution in [1.29, 1.82) is 0 Å². The molecular weight excluding hydrogens is 236 g/mol. The summed E-state index contributed by atoms with van der Waals surface area (Å²) in [5, 5.41) is 9.90. The van der Waals surface area contributed by atoms with Gasteiger partial charge in [-0.2, -0.15) is 0 Å². The maximum Gasteiger partial charge on any atom is 0.323 e. The maximum atomic E-state index is 12.1. The first-order chi connectivity index (χ1) is 8.23. The largest absolute Gasteiger partial charge is 0.465 e. The Balaban J connectivity index is 5.32. The van der Waals surface area contributed by atoms with Crippen molar-refractivity contribution in [3.8, 4) is 0 Å². The molecule has 0 amide bonds. The number of hydrogen-bond donors (Lipinski definition) is 1. The zero-order valence-electron chi connectivity index (χ0n) is 11.9. The Hall–Kier alpha value is -1.10. The highest BCUT2D eigenvalue weighted by Gasteiger charge is 2.50. The normalized spacial score (nSPS) is 12.1. The zero-order chi connectivity index (χ0) is 14.4. The van der Waals surface area contributed by atoms with Gasteiger partial charge in [0.15, 0.2) is 5.41 Å². The number of aliphatic hydroxyl groups is 1. The molecule has 0 saturated heterocycles. The smallest absolute Gasteiger partial charge is 0.323 e. The van der Waals surface area contributed by atoms with E-state index in [0.29, 0.717) is 0 Å². The van der Waals surface area contributed by atoms with E-state index in [4.69, 9.17) is 9.47 Å². The molecule has 5 heteroatoms. The van der Waals surface area contributed by atoms with E-state index >= 15 is 0 Å². The molecule has 0 aromatic rings. The maximum absolute atomic E-state index is 12.1. The van der Waals surface area contributed by atoms with Gasteiger partial charge in [-0.05, 0) is 34.1 Å². The first kappa shape index (κ1) is 16.9. The van der Waals surface area contributed by atoms with E-state index in [1.165, 1.54) is 0 Å². The van der Waals surface area contributed by atoms with Crippen molar-refractivity contribution >= 4 is 11.9 Å². The lowest BCUT2D eigenvalue weighted by atomic mass is 9.76. The van der Waals surface area contributed by atoms with Crippen LogP contribution in [0.25, 0.3) is 0 Å². The lowest BCUT2D eigenvalue weighted by Crippen LogP contribution is -2.46. The fraction of sp³-hybridized carbons (Fsp3) is 0.846. The van der Waals surface area contributed by atoms with E-state index in [1.807, 2.05) is 0 Å². The second-order valence-electron chi connectivity index (χ2n) is 4.87. The van der Waals surface area contributed by atoms with Crippen LogP contribution in [-0.4, -0.2) is 35.9 Å². The molecule has 0 rings (SSSR count). The molecule has 5 nitrogen and oxygen atoms in total. The summed E-state index contributed by atoms with van der Waals surface area (Å²) in [4.78, 5) is 24.1. The van der Waals surface area contributed by atoms with Gasteiger partial charge in [-0.3, -0.25) is 9.59 Å². The second kappa shape index (κ2) is 6.73. The van der Waals surface area contributed by atoms with E-state index in [2.05, 4.69) is 0 Å². The number of carbonyl (C=O) groups is 2. The third-order valence-electron chi connectivity index (χ3n) is 2.67. The van der Waals surface area contributed by atoms with Crippen LogP contribution in [0, 0.1) is 5.41 Å². The summed E-state index contributed by atoms with van der Waals surface area (Å²) < 4.78 is 9.92. The van der Waals surface area contributed by atoms with Gasteiger partial charge in [-0.1, -0.05) is 6.92 Å². The van der Waals surface area contributed by atoms with Crippen molar-refractivity contribution in [1.82, 2.24) is 0 Å². The van der Waals surface area contributed by atoms with Gasteiger partial charge in [-0.15, -0.1) is 0 Å². The van der Waals surface area contributed by atoms with Crippen molar-refractivity contribution in [3.05, 3.63) is 0 Å². The van der Waals surface area contributed by atoms with Gasteiger partial charge in [0.1, 0.15) is 0 Å². The number of hydrogen-bond acceptors (Lipinski definition) is 5. The summed E-state index contributed by atoms with van der Waals surface area (Å²) in [6.07, 6.45) is 0.211. The average molecular weight is 260 g/mol. The number of carbonyl (C=O) groups excluding carboxylic acids is 2. The van der Waals surface area contributed by atoms with Crippen molar-refractivity contribution in [2.45, 2.75) is 53.1 Å². The SMILES string of the molecule is CCOC(=O)C(CC)(CC(C)(C)O)C(=O)OCC. The van der Waals surface area contributed by atoms with Crippen molar-refractivity contribution in [3.63, 3.8) is 0 Å². The monoisotopic (exact) mass is 260 g/mol. The summed E-state index contributed by atoms with van der Waals surface area (Å²) in [6.45, 7) is 8.53. The van der Waals surface area contributed by atoms with Crippen molar-refractivity contribution in [2.24, 2.45) is 5.41 Å². The fourth-order valence-electron chi connectivity index (χ4n) is 1.92. The molecular formula is C13H24O5. The molecule has 0 aromatic heterocycles. The minimum absolute atomic E-state index is 0.0197. The summed E-state index contributed by atoms with van der Waals surface area (Å²) in [7, 11) is 0. The third-order valence-corrected chi connectivity index (χ3v) is 2.67. The Morgan fingerprint density at radius 2 is 1.39 bits per heavy atom.